The van der Waals surface area contributed by atoms with E-state index in [-0.39, 0.29) is 5.82 Å². The van der Waals surface area contributed by atoms with Crippen molar-refractivity contribution < 1.29 is 4.39 Å². The number of halogens is 2. The Balaban J connectivity index is 2.07. The van der Waals surface area contributed by atoms with E-state index in [9.17, 15) is 4.39 Å². The van der Waals surface area contributed by atoms with Crippen molar-refractivity contribution in [1.29, 1.82) is 0 Å². The molecule has 24 heavy (non-hydrogen) atoms. The molecule has 4 aromatic rings. The Morgan fingerprint density at radius 2 is 1.50 bits per heavy atom. The second kappa shape index (κ2) is 6.06. The average molecular weight is 334 g/mol. The van der Waals surface area contributed by atoms with Crippen molar-refractivity contribution in [2.45, 2.75) is 0 Å². The molecule has 116 valence electrons. The minimum atomic E-state index is -0.266. The van der Waals surface area contributed by atoms with Crippen molar-refractivity contribution >= 4 is 22.5 Å². The molecule has 0 amide bonds. The number of benzene rings is 3. The van der Waals surface area contributed by atoms with Gasteiger partial charge >= 0.3 is 0 Å². The zero-order valence-corrected chi connectivity index (χ0v) is 13.5. The smallest absolute Gasteiger partial charge is 0.131 e. The van der Waals surface area contributed by atoms with E-state index in [0.29, 0.717) is 10.6 Å². The number of rotatable bonds is 2. The first kappa shape index (κ1) is 14.9. The van der Waals surface area contributed by atoms with Crippen LogP contribution in [-0.2, 0) is 0 Å². The van der Waals surface area contributed by atoms with Gasteiger partial charge in [0.2, 0.25) is 0 Å². The molecule has 1 aromatic heterocycles. The molecule has 0 aliphatic rings. The first-order chi connectivity index (χ1) is 11.7. The Bertz CT molecular complexity index is 1030. The fourth-order valence-corrected chi connectivity index (χ4v) is 3.03. The third-order valence-corrected chi connectivity index (χ3v) is 4.22. The maximum absolute atomic E-state index is 14.4. The molecule has 0 aliphatic heterocycles. The zero-order valence-electron chi connectivity index (χ0n) is 12.7. The lowest BCUT2D eigenvalue weighted by molar-refractivity contribution is 0.631. The SMILES string of the molecule is Fc1ccccc1-c1cc2cc(Cl)ccc2nc1-c1ccccc1. The van der Waals surface area contributed by atoms with Crippen molar-refractivity contribution in [3.05, 3.63) is 89.7 Å². The minimum absolute atomic E-state index is 0.266. The van der Waals surface area contributed by atoms with Crippen LogP contribution in [0.2, 0.25) is 5.02 Å². The second-order valence-corrected chi connectivity index (χ2v) is 6.00. The molecule has 0 unspecified atom stereocenters. The minimum Gasteiger partial charge on any atom is -0.247 e. The quantitative estimate of drug-likeness (QED) is 0.416. The number of pyridine rings is 1. The fourth-order valence-electron chi connectivity index (χ4n) is 2.85. The van der Waals surface area contributed by atoms with Gasteiger partial charge < -0.3 is 0 Å². The number of aromatic nitrogens is 1. The van der Waals surface area contributed by atoms with E-state index in [0.717, 1.165) is 27.7 Å². The van der Waals surface area contributed by atoms with E-state index in [4.69, 9.17) is 16.6 Å². The van der Waals surface area contributed by atoms with E-state index >= 15 is 0 Å². The van der Waals surface area contributed by atoms with Crippen LogP contribution < -0.4 is 0 Å². The Morgan fingerprint density at radius 1 is 0.750 bits per heavy atom. The average Bonchev–Trinajstić information content (AvgIpc) is 2.62. The maximum Gasteiger partial charge on any atom is 0.131 e. The number of nitrogens with zero attached hydrogens (tertiary/aromatic N) is 1. The van der Waals surface area contributed by atoms with Gasteiger partial charge in [0.25, 0.3) is 0 Å². The topological polar surface area (TPSA) is 12.9 Å². The summed E-state index contributed by atoms with van der Waals surface area (Å²) in [5, 5.41) is 1.52. The molecular weight excluding hydrogens is 321 g/mol. The van der Waals surface area contributed by atoms with Crippen LogP contribution in [0.1, 0.15) is 0 Å². The Morgan fingerprint density at radius 3 is 2.29 bits per heavy atom. The third kappa shape index (κ3) is 2.66. The molecule has 1 nitrogen and oxygen atoms in total. The van der Waals surface area contributed by atoms with Gasteiger partial charge in [0.05, 0.1) is 11.2 Å². The van der Waals surface area contributed by atoms with Crippen molar-refractivity contribution in [1.82, 2.24) is 4.98 Å². The van der Waals surface area contributed by atoms with Crippen LogP contribution in [0.4, 0.5) is 4.39 Å². The van der Waals surface area contributed by atoms with E-state index in [1.54, 1.807) is 12.1 Å². The van der Waals surface area contributed by atoms with Crippen LogP contribution in [0.25, 0.3) is 33.3 Å². The predicted molar refractivity (Wildman–Crippen MR) is 97.6 cm³/mol. The Labute approximate surface area is 144 Å². The summed E-state index contributed by atoms with van der Waals surface area (Å²) in [6.45, 7) is 0. The van der Waals surface area contributed by atoms with Gasteiger partial charge in [-0.1, -0.05) is 60.1 Å². The van der Waals surface area contributed by atoms with E-state index in [1.807, 2.05) is 60.7 Å². The molecule has 0 N–H and O–H groups in total. The molecule has 1 heterocycles. The standard InChI is InChI=1S/C21H13ClFN/c22-16-10-11-20-15(12-16)13-18(17-8-4-5-9-19(17)23)21(24-20)14-6-2-1-3-7-14/h1-13H. The van der Waals surface area contributed by atoms with E-state index < -0.39 is 0 Å². The molecule has 4 rings (SSSR count). The largest absolute Gasteiger partial charge is 0.247 e. The third-order valence-electron chi connectivity index (χ3n) is 3.99. The van der Waals surface area contributed by atoms with Gasteiger partial charge in [0.15, 0.2) is 0 Å². The first-order valence-electron chi connectivity index (χ1n) is 7.63. The highest BCUT2D eigenvalue weighted by atomic mass is 35.5. The molecule has 0 radical (unpaired) electrons. The highest BCUT2D eigenvalue weighted by Crippen LogP contribution is 2.35. The summed E-state index contributed by atoms with van der Waals surface area (Å²) in [6.07, 6.45) is 0. The summed E-state index contributed by atoms with van der Waals surface area (Å²) in [4.78, 5) is 4.78. The van der Waals surface area contributed by atoms with Crippen molar-refractivity contribution in [3.8, 4) is 22.4 Å². The molecule has 3 aromatic carbocycles. The Kier molecular flexibility index (Phi) is 3.75. The summed E-state index contributed by atoms with van der Waals surface area (Å²) >= 11 is 6.10. The van der Waals surface area contributed by atoms with Crippen LogP contribution in [0.5, 0.6) is 0 Å². The van der Waals surface area contributed by atoms with Crippen LogP contribution >= 0.6 is 11.6 Å². The predicted octanol–water partition coefficient (Wildman–Crippen LogP) is 6.36. The number of fused-ring (bicyclic) bond motifs is 1. The van der Waals surface area contributed by atoms with Crippen molar-refractivity contribution in [3.63, 3.8) is 0 Å². The van der Waals surface area contributed by atoms with Gasteiger partial charge in [-0.3, -0.25) is 0 Å². The van der Waals surface area contributed by atoms with Crippen LogP contribution in [0, 0.1) is 5.82 Å². The molecule has 0 aliphatic carbocycles. The van der Waals surface area contributed by atoms with Gasteiger partial charge in [0, 0.05) is 27.1 Å². The number of hydrogen-bond acceptors (Lipinski definition) is 1. The summed E-state index contributed by atoms with van der Waals surface area (Å²) in [6, 6.07) is 24.1. The maximum atomic E-state index is 14.4. The van der Waals surface area contributed by atoms with Gasteiger partial charge in [-0.25, -0.2) is 9.37 Å². The molecular formula is C21H13ClFN. The normalized spacial score (nSPS) is 10.9. The lowest BCUT2D eigenvalue weighted by Crippen LogP contribution is -1.93. The molecule has 0 fully saturated rings. The van der Waals surface area contributed by atoms with E-state index in [1.165, 1.54) is 6.07 Å². The molecule has 0 saturated heterocycles. The lowest BCUT2D eigenvalue weighted by atomic mass is 9.97. The van der Waals surface area contributed by atoms with Gasteiger partial charge in [-0.15, -0.1) is 0 Å². The van der Waals surface area contributed by atoms with Crippen molar-refractivity contribution in [2.75, 3.05) is 0 Å². The monoisotopic (exact) mass is 333 g/mol. The molecule has 0 atom stereocenters. The highest BCUT2D eigenvalue weighted by molar-refractivity contribution is 6.31. The van der Waals surface area contributed by atoms with Crippen LogP contribution in [0.15, 0.2) is 78.9 Å². The zero-order chi connectivity index (χ0) is 16.5. The van der Waals surface area contributed by atoms with Gasteiger partial charge in [-0.05, 0) is 30.3 Å². The summed E-state index contributed by atoms with van der Waals surface area (Å²) in [7, 11) is 0. The molecule has 3 heteroatoms. The molecule has 0 bridgehead atoms. The highest BCUT2D eigenvalue weighted by Gasteiger charge is 2.14. The van der Waals surface area contributed by atoms with E-state index in [2.05, 4.69) is 0 Å². The second-order valence-electron chi connectivity index (χ2n) is 5.57. The fraction of sp³-hybridized carbons (Fsp3) is 0. The summed E-state index contributed by atoms with van der Waals surface area (Å²) in [5.74, 6) is -0.266. The van der Waals surface area contributed by atoms with Gasteiger partial charge in [-0.2, -0.15) is 0 Å². The van der Waals surface area contributed by atoms with Crippen LogP contribution in [-0.4, -0.2) is 4.98 Å². The molecule has 0 saturated carbocycles. The Hall–Kier alpha value is -2.71. The summed E-state index contributed by atoms with van der Waals surface area (Å²) < 4.78 is 14.4. The molecule has 0 spiro atoms. The number of hydrogen-bond donors (Lipinski definition) is 0. The lowest BCUT2D eigenvalue weighted by Gasteiger charge is -2.12. The summed E-state index contributed by atoms with van der Waals surface area (Å²) in [5.41, 5.74) is 3.83. The van der Waals surface area contributed by atoms with Crippen molar-refractivity contribution in [2.24, 2.45) is 0 Å². The van der Waals surface area contributed by atoms with Gasteiger partial charge in [0.1, 0.15) is 5.82 Å². The van der Waals surface area contributed by atoms with Crippen LogP contribution in [0.3, 0.4) is 0 Å². The first-order valence-corrected chi connectivity index (χ1v) is 8.01.